The topological polar surface area (TPSA) is 76.5 Å². The van der Waals surface area contributed by atoms with Gasteiger partial charge in [-0.2, -0.15) is 10.2 Å². The quantitative estimate of drug-likeness (QED) is 0.679. The summed E-state index contributed by atoms with van der Waals surface area (Å²) in [5.74, 6) is 0. The molecule has 2 atom stereocenters. The van der Waals surface area contributed by atoms with Crippen molar-refractivity contribution in [3.63, 3.8) is 0 Å². The monoisotopic (exact) mass is 320 g/mol. The molecule has 1 fully saturated rings. The normalized spacial score (nSPS) is 20.7. The molecular weight excluding hydrogens is 304 g/mol. The van der Waals surface area contributed by atoms with Crippen LogP contribution in [-0.2, 0) is 4.74 Å². The van der Waals surface area contributed by atoms with Crippen LogP contribution < -0.4 is 5.32 Å². The number of aliphatic imine (C=N–C) groups is 1. The summed E-state index contributed by atoms with van der Waals surface area (Å²) in [4.78, 5) is 15.5. The zero-order valence-corrected chi connectivity index (χ0v) is 12.9. The van der Waals surface area contributed by atoms with Gasteiger partial charge in [0.2, 0.25) is 0 Å². The molecule has 2 heterocycles. The second-order valence-electron chi connectivity index (χ2n) is 5.16. The predicted molar refractivity (Wildman–Crippen MR) is 91.3 cm³/mol. The van der Waals surface area contributed by atoms with Gasteiger partial charge in [0.25, 0.3) is 0 Å². The van der Waals surface area contributed by atoms with Gasteiger partial charge in [-0.3, -0.25) is 4.99 Å². The predicted octanol–water partition coefficient (Wildman–Crippen LogP) is 2.92. The Morgan fingerprint density at radius 2 is 2.08 bits per heavy atom. The summed E-state index contributed by atoms with van der Waals surface area (Å²) in [6.07, 6.45) is 7.69. The van der Waals surface area contributed by atoms with E-state index in [1.807, 2.05) is 42.5 Å². The highest BCUT2D eigenvalue weighted by atomic mass is 16.6. The first-order valence-corrected chi connectivity index (χ1v) is 7.41. The number of carbonyl (C=O) groups excluding carboxylic acids is 1. The van der Waals surface area contributed by atoms with Crippen molar-refractivity contribution in [2.45, 2.75) is 12.1 Å². The minimum Gasteiger partial charge on any atom is -0.439 e. The largest absolute Gasteiger partial charge is 0.439 e. The van der Waals surface area contributed by atoms with Gasteiger partial charge in [0.05, 0.1) is 12.2 Å². The number of benzene rings is 1. The average molecular weight is 320 g/mol. The summed E-state index contributed by atoms with van der Waals surface area (Å²) in [5, 5.41) is 10.4. The molecule has 1 saturated heterocycles. The van der Waals surface area contributed by atoms with Crippen molar-refractivity contribution in [2.75, 3.05) is 0 Å². The molecule has 1 aliphatic heterocycles. The first kappa shape index (κ1) is 15.6. The molecule has 1 aliphatic rings. The number of rotatable bonds is 5. The van der Waals surface area contributed by atoms with Gasteiger partial charge in [0.15, 0.2) is 6.10 Å². The highest BCUT2D eigenvalue weighted by molar-refractivity contribution is 5.75. The summed E-state index contributed by atoms with van der Waals surface area (Å²) >= 11 is 0. The van der Waals surface area contributed by atoms with Crippen LogP contribution in [0.25, 0.3) is 5.57 Å². The molecule has 6 nitrogen and oxygen atoms in total. The van der Waals surface area contributed by atoms with Crippen molar-refractivity contribution >= 4 is 18.4 Å². The van der Waals surface area contributed by atoms with Gasteiger partial charge in [0, 0.05) is 18.0 Å². The van der Waals surface area contributed by atoms with E-state index in [-0.39, 0.29) is 6.04 Å². The van der Waals surface area contributed by atoms with Crippen molar-refractivity contribution in [2.24, 2.45) is 4.99 Å². The summed E-state index contributed by atoms with van der Waals surface area (Å²) in [6, 6.07) is 11.3. The Hall–Kier alpha value is -3.28. The number of hydrogen-bond donors (Lipinski definition) is 1. The van der Waals surface area contributed by atoms with E-state index >= 15 is 0 Å². The highest BCUT2D eigenvalue weighted by Gasteiger charge is 2.33. The molecule has 0 saturated carbocycles. The number of aromatic nitrogens is 2. The second-order valence-corrected chi connectivity index (χ2v) is 5.16. The van der Waals surface area contributed by atoms with Crippen LogP contribution in [0.2, 0.25) is 0 Å². The minimum atomic E-state index is -0.460. The number of carbonyl (C=O) groups is 1. The third-order valence-corrected chi connectivity index (χ3v) is 3.60. The third-order valence-electron chi connectivity index (χ3n) is 3.60. The van der Waals surface area contributed by atoms with E-state index in [0.29, 0.717) is 0 Å². The molecule has 3 rings (SSSR count). The van der Waals surface area contributed by atoms with E-state index in [4.69, 9.17) is 4.74 Å². The summed E-state index contributed by atoms with van der Waals surface area (Å²) in [5.41, 5.74) is 2.68. The van der Waals surface area contributed by atoms with E-state index in [9.17, 15) is 4.79 Å². The number of alkyl carbamates (subject to hydrolysis) is 1. The van der Waals surface area contributed by atoms with Crippen LogP contribution in [0, 0.1) is 0 Å². The zero-order chi connectivity index (χ0) is 16.8. The van der Waals surface area contributed by atoms with Crippen LogP contribution in [-0.4, -0.2) is 29.0 Å². The number of ether oxygens (including phenoxy) is 1. The highest BCUT2D eigenvalue weighted by Crippen LogP contribution is 2.27. The molecule has 24 heavy (non-hydrogen) atoms. The molecule has 1 amide bonds. The molecule has 0 unspecified atom stereocenters. The van der Waals surface area contributed by atoms with Gasteiger partial charge < -0.3 is 10.1 Å². The molecule has 0 radical (unpaired) electrons. The van der Waals surface area contributed by atoms with E-state index in [0.717, 1.165) is 16.7 Å². The Kier molecular flexibility index (Phi) is 4.76. The van der Waals surface area contributed by atoms with Gasteiger partial charge in [-0.15, -0.1) is 0 Å². The molecule has 1 N–H and O–H groups in total. The van der Waals surface area contributed by atoms with Gasteiger partial charge in [-0.25, -0.2) is 4.79 Å². The SMILES string of the molecule is C=N/C=C(\C=C\[C@H]1NC(=O)O[C@@H]1c1ccnnc1)c1ccccc1. The minimum absolute atomic E-state index is 0.307. The molecule has 1 aromatic heterocycles. The number of amides is 1. The van der Waals surface area contributed by atoms with E-state index in [2.05, 4.69) is 27.2 Å². The Morgan fingerprint density at radius 3 is 2.79 bits per heavy atom. The lowest BCUT2D eigenvalue weighted by Gasteiger charge is -2.13. The van der Waals surface area contributed by atoms with Crippen molar-refractivity contribution in [3.8, 4) is 0 Å². The maximum atomic E-state index is 11.6. The Bertz CT molecular complexity index is 772. The fourth-order valence-electron chi connectivity index (χ4n) is 2.48. The molecule has 0 aliphatic carbocycles. The second kappa shape index (κ2) is 7.32. The Labute approximate surface area is 139 Å². The van der Waals surface area contributed by atoms with Crippen LogP contribution in [0.15, 0.2) is 72.1 Å². The third kappa shape index (κ3) is 3.55. The van der Waals surface area contributed by atoms with E-state index < -0.39 is 12.2 Å². The number of cyclic esters (lactones) is 1. The lowest BCUT2D eigenvalue weighted by atomic mass is 10.0. The lowest BCUT2D eigenvalue weighted by Crippen LogP contribution is -2.25. The van der Waals surface area contributed by atoms with E-state index in [1.54, 1.807) is 24.7 Å². The summed E-state index contributed by atoms with van der Waals surface area (Å²) in [6.45, 7) is 3.51. The Morgan fingerprint density at radius 1 is 1.25 bits per heavy atom. The molecule has 120 valence electrons. The fraction of sp³-hybridized carbons (Fsp3) is 0.111. The van der Waals surface area contributed by atoms with Gasteiger partial charge in [0.1, 0.15) is 0 Å². The molecule has 0 spiro atoms. The number of allylic oxidation sites excluding steroid dienone is 2. The van der Waals surface area contributed by atoms with Crippen LogP contribution in [0.3, 0.4) is 0 Å². The molecule has 0 bridgehead atoms. The van der Waals surface area contributed by atoms with Gasteiger partial charge >= 0.3 is 6.09 Å². The fourth-order valence-corrected chi connectivity index (χ4v) is 2.48. The maximum absolute atomic E-state index is 11.6. The first-order valence-electron chi connectivity index (χ1n) is 7.41. The standard InChI is InChI=1S/C18H16N4O2/c1-19-11-14(13-5-3-2-4-6-13)7-8-16-17(24-18(23)22-16)15-9-10-20-21-12-15/h2-12,16-17H,1H2,(H,22,23)/b8-7+,14-11+/t16-,17-/m1/s1. The smallest absolute Gasteiger partial charge is 0.408 e. The maximum Gasteiger partial charge on any atom is 0.408 e. The van der Waals surface area contributed by atoms with Crippen LogP contribution in [0.4, 0.5) is 4.79 Å². The van der Waals surface area contributed by atoms with Crippen LogP contribution in [0.1, 0.15) is 17.2 Å². The van der Waals surface area contributed by atoms with E-state index in [1.165, 1.54) is 0 Å². The Balaban J connectivity index is 1.84. The number of nitrogens with zero attached hydrogens (tertiary/aromatic N) is 3. The van der Waals surface area contributed by atoms with Gasteiger partial charge in [-0.1, -0.05) is 42.5 Å². The van der Waals surface area contributed by atoms with Crippen molar-refractivity contribution < 1.29 is 9.53 Å². The van der Waals surface area contributed by atoms with Crippen molar-refractivity contribution in [3.05, 3.63) is 78.3 Å². The summed E-state index contributed by atoms with van der Waals surface area (Å²) < 4.78 is 5.33. The van der Waals surface area contributed by atoms with Crippen LogP contribution >= 0.6 is 0 Å². The van der Waals surface area contributed by atoms with Crippen LogP contribution in [0.5, 0.6) is 0 Å². The van der Waals surface area contributed by atoms with Crippen molar-refractivity contribution in [1.29, 1.82) is 0 Å². The lowest BCUT2D eigenvalue weighted by molar-refractivity contribution is 0.136. The molecule has 2 aromatic rings. The number of hydrogen-bond acceptors (Lipinski definition) is 5. The molecular formula is C18H16N4O2. The summed E-state index contributed by atoms with van der Waals surface area (Å²) in [7, 11) is 0. The van der Waals surface area contributed by atoms with Gasteiger partial charge in [-0.05, 0) is 23.9 Å². The zero-order valence-electron chi connectivity index (χ0n) is 12.9. The number of nitrogens with one attached hydrogen (secondary N) is 1. The first-order chi connectivity index (χ1) is 11.8. The molecule has 1 aromatic carbocycles. The average Bonchev–Trinajstić information content (AvgIpc) is 3.01. The van der Waals surface area contributed by atoms with Crippen molar-refractivity contribution in [1.82, 2.24) is 15.5 Å². The molecule has 6 heteroatoms.